The van der Waals surface area contributed by atoms with E-state index >= 15 is 0 Å². The van der Waals surface area contributed by atoms with E-state index in [9.17, 15) is 34.2 Å². The number of benzene rings is 1. The molecule has 0 fully saturated rings. The number of unbranched alkanes of at least 4 members (excludes halogenated alkanes) is 9. The van der Waals surface area contributed by atoms with Crippen LogP contribution >= 0.6 is 0 Å². The molecule has 0 radical (unpaired) electrons. The van der Waals surface area contributed by atoms with Gasteiger partial charge in [-0.2, -0.15) is 0 Å². The largest absolute Gasteiger partial charge is 0.508 e. The van der Waals surface area contributed by atoms with Crippen LogP contribution in [0, 0.1) is 0 Å². The van der Waals surface area contributed by atoms with E-state index in [0.29, 0.717) is 36.2 Å². The van der Waals surface area contributed by atoms with E-state index in [2.05, 4.69) is 12.2 Å². The summed E-state index contributed by atoms with van der Waals surface area (Å²) in [5, 5.41) is 23.3. The fraction of sp³-hybridized carbons (Fsp3) is 0.610. The quantitative estimate of drug-likeness (QED) is 0.107. The van der Waals surface area contributed by atoms with E-state index in [1.54, 1.807) is 30.0 Å². The van der Waals surface area contributed by atoms with E-state index in [1.807, 2.05) is 19.0 Å². The number of aliphatic carboxylic acids is 1. The van der Waals surface area contributed by atoms with Crippen molar-refractivity contribution in [2.24, 2.45) is 0 Å². The number of hydrogen-bond donors (Lipinski definition) is 3. The number of fused-ring (bicyclic) bond motifs is 4. The first-order chi connectivity index (χ1) is 25.9. The number of ether oxygens (including phenoxy) is 2. The minimum Gasteiger partial charge on any atom is -0.508 e. The molecule has 13 heteroatoms. The second kappa shape index (κ2) is 18.2. The molecule has 0 spiro atoms. The molecule has 294 valence electrons. The minimum absolute atomic E-state index is 0.00567. The molecule has 54 heavy (non-hydrogen) atoms. The molecular weight excluding hydrogens is 692 g/mol. The molecule has 0 saturated carbocycles. The van der Waals surface area contributed by atoms with Gasteiger partial charge in [-0.1, -0.05) is 78.1 Å². The Bertz CT molecular complexity index is 1770. The maximum absolute atomic E-state index is 14.1. The zero-order valence-corrected chi connectivity index (χ0v) is 32.2. The van der Waals surface area contributed by atoms with Crippen LogP contribution in [0.2, 0.25) is 0 Å². The van der Waals surface area contributed by atoms with Crippen LogP contribution in [0.3, 0.4) is 0 Å². The van der Waals surface area contributed by atoms with E-state index in [1.165, 1.54) is 38.5 Å². The van der Waals surface area contributed by atoms with Crippen molar-refractivity contribution in [1.82, 2.24) is 20.1 Å². The molecule has 0 aliphatic carbocycles. The molecule has 13 nitrogen and oxygen atoms in total. The molecular formula is C41H56N4O9. The molecule has 3 aliphatic heterocycles. The Labute approximate surface area is 317 Å². The smallest absolute Gasteiger partial charge is 0.355 e. The molecule has 3 aliphatic rings. The number of carboxylic acids is 1. The summed E-state index contributed by atoms with van der Waals surface area (Å²) in [5.41, 5.74) is 1.97. The number of phenols is 1. The lowest BCUT2D eigenvalue weighted by atomic mass is 9.78. The summed E-state index contributed by atoms with van der Waals surface area (Å²) in [7, 11) is 3.88. The number of cyclic esters (lactones) is 1. The number of nitrogens with zero attached hydrogens (tertiary/aromatic N) is 3. The van der Waals surface area contributed by atoms with Gasteiger partial charge >= 0.3 is 17.9 Å². The monoisotopic (exact) mass is 748 g/mol. The second-order valence-corrected chi connectivity index (χ2v) is 15.2. The molecule has 2 amide bonds. The van der Waals surface area contributed by atoms with Gasteiger partial charge in [0.05, 0.1) is 29.2 Å². The highest BCUT2D eigenvalue weighted by Gasteiger charge is 2.56. The van der Waals surface area contributed by atoms with Gasteiger partial charge in [-0.25, -0.2) is 9.59 Å². The predicted octanol–water partition coefficient (Wildman–Crippen LogP) is 6.00. The number of pyridine rings is 1. The number of aromatic hydroxyl groups is 1. The van der Waals surface area contributed by atoms with Crippen molar-refractivity contribution in [1.29, 1.82) is 0 Å². The van der Waals surface area contributed by atoms with Crippen molar-refractivity contribution in [3.05, 3.63) is 46.2 Å². The minimum atomic E-state index is -1.86. The Balaban J connectivity index is 1.22. The second-order valence-electron chi connectivity index (χ2n) is 15.2. The highest BCUT2D eigenvalue weighted by molar-refractivity contribution is 6.02. The SMILES string of the molecule is CCCCCCCCCCCCC(NC(=O)CCC(=O)O[C@]1(CC)C(=O)OCC2=C1CC1c3nc4ccc(O)cc4c(CN(C)C)c3CN1C2=O)C(=O)O. The summed E-state index contributed by atoms with van der Waals surface area (Å²) in [6.45, 7) is 4.46. The molecule has 5 rings (SSSR count). The Hall–Kier alpha value is -4.52. The summed E-state index contributed by atoms with van der Waals surface area (Å²) >= 11 is 0. The van der Waals surface area contributed by atoms with E-state index in [0.717, 1.165) is 35.8 Å². The summed E-state index contributed by atoms with van der Waals surface area (Å²) in [6, 6.07) is 3.41. The molecule has 4 heterocycles. The first-order valence-electron chi connectivity index (χ1n) is 19.6. The Morgan fingerprint density at radius 3 is 2.37 bits per heavy atom. The molecule has 2 aromatic rings. The number of carboxylic acid groups (broad SMARTS) is 1. The van der Waals surface area contributed by atoms with E-state index in [-0.39, 0.29) is 49.6 Å². The van der Waals surface area contributed by atoms with Crippen molar-refractivity contribution in [2.45, 2.75) is 141 Å². The first-order valence-corrected chi connectivity index (χ1v) is 19.6. The average molecular weight is 749 g/mol. The van der Waals surface area contributed by atoms with Gasteiger partial charge in [-0.15, -0.1) is 0 Å². The number of rotatable bonds is 20. The van der Waals surface area contributed by atoms with Crippen molar-refractivity contribution in [2.75, 3.05) is 20.7 Å². The van der Waals surface area contributed by atoms with Crippen LogP contribution in [-0.2, 0) is 46.5 Å². The lowest BCUT2D eigenvalue weighted by Crippen LogP contribution is -2.54. The molecule has 0 bridgehead atoms. The van der Waals surface area contributed by atoms with Crippen molar-refractivity contribution in [3.8, 4) is 5.75 Å². The van der Waals surface area contributed by atoms with E-state index < -0.39 is 47.9 Å². The van der Waals surface area contributed by atoms with Crippen LogP contribution < -0.4 is 5.32 Å². The highest BCUT2D eigenvalue weighted by atomic mass is 16.6. The van der Waals surface area contributed by atoms with Crippen LogP contribution in [0.1, 0.15) is 133 Å². The maximum Gasteiger partial charge on any atom is 0.355 e. The number of carbonyl (C=O) groups excluding carboxylic acids is 4. The topological polar surface area (TPSA) is 176 Å². The lowest BCUT2D eigenvalue weighted by Gasteiger charge is -2.42. The van der Waals surface area contributed by atoms with Crippen LogP contribution in [0.25, 0.3) is 10.9 Å². The third-order valence-corrected chi connectivity index (χ3v) is 11.0. The molecule has 2 unspecified atom stereocenters. The number of amides is 2. The maximum atomic E-state index is 14.1. The van der Waals surface area contributed by atoms with Gasteiger partial charge in [0.15, 0.2) is 0 Å². The van der Waals surface area contributed by atoms with Gasteiger partial charge < -0.3 is 34.8 Å². The summed E-state index contributed by atoms with van der Waals surface area (Å²) in [4.78, 5) is 74.3. The number of phenolic OH excluding ortho intramolecular Hbond substituents is 1. The number of carbonyl (C=O) groups is 5. The number of aromatic nitrogens is 1. The normalized spacial score (nSPS) is 19.7. The Morgan fingerprint density at radius 1 is 1.04 bits per heavy atom. The standard InChI is InChI=1S/C41H56N4O9/c1-5-7-8-9-10-11-12-13-14-15-16-33(39(50)51)42-35(47)19-20-36(48)54-41(6-2)31-22-34-37-29(24-45(34)38(49)30(31)25-53-40(41)52)28(23-44(3)4)27-21-26(46)17-18-32(27)43-37/h17-18,21,33-34,46H,5-16,19-20,22-25H2,1-4H3,(H,42,47)(H,50,51)/t33?,34?,41-/m0/s1. The fourth-order valence-corrected chi connectivity index (χ4v) is 8.08. The zero-order chi connectivity index (χ0) is 39.0. The van der Waals surface area contributed by atoms with Gasteiger partial charge in [0, 0.05) is 30.5 Å². The fourth-order valence-electron chi connectivity index (χ4n) is 8.08. The zero-order valence-electron chi connectivity index (χ0n) is 32.2. The van der Waals surface area contributed by atoms with Gasteiger partial charge in [-0.05, 0) is 62.7 Å². The molecule has 3 N–H and O–H groups in total. The van der Waals surface area contributed by atoms with E-state index in [4.69, 9.17) is 14.5 Å². The van der Waals surface area contributed by atoms with Crippen LogP contribution in [-0.4, -0.2) is 87.1 Å². The molecule has 0 saturated heterocycles. The molecule has 1 aromatic heterocycles. The molecule has 1 aromatic carbocycles. The van der Waals surface area contributed by atoms with Crippen LogP contribution in [0.4, 0.5) is 0 Å². The molecule has 3 atom stereocenters. The van der Waals surface area contributed by atoms with Gasteiger partial charge in [0.25, 0.3) is 5.91 Å². The summed E-state index contributed by atoms with van der Waals surface area (Å²) in [6.07, 6.45) is 10.9. The third-order valence-electron chi connectivity index (χ3n) is 11.0. The third kappa shape index (κ3) is 9.05. The Kier molecular flexibility index (Phi) is 13.7. The van der Waals surface area contributed by atoms with Crippen molar-refractivity contribution >= 4 is 40.6 Å². The summed E-state index contributed by atoms with van der Waals surface area (Å²) < 4.78 is 11.4. The lowest BCUT2D eigenvalue weighted by molar-refractivity contribution is -0.182. The van der Waals surface area contributed by atoms with Gasteiger partial charge in [0.2, 0.25) is 11.5 Å². The van der Waals surface area contributed by atoms with Crippen molar-refractivity contribution < 1.29 is 43.7 Å². The number of hydrogen-bond acceptors (Lipinski definition) is 10. The number of esters is 2. The Morgan fingerprint density at radius 2 is 1.72 bits per heavy atom. The highest BCUT2D eigenvalue weighted by Crippen LogP contribution is 2.49. The van der Waals surface area contributed by atoms with Gasteiger partial charge in [-0.3, -0.25) is 19.4 Å². The van der Waals surface area contributed by atoms with Crippen LogP contribution in [0.15, 0.2) is 29.3 Å². The van der Waals surface area contributed by atoms with Crippen molar-refractivity contribution in [3.63, 3.8) is 0 Å². The van der Waals surface area contributed by atoms with Crippen LogP contribution in [0.5, 0.6) is 5.75 Å². The summed E-state index contributed by atoms with van der Waals surface area (Å²) in [5.74, 6) is -3.56. The van der Waals surface area contributed by atoms with Gasteiger partial charge in [0.1, 0.15) is 18.4 Å². The average Bonchev–Trinajstić information content (AvgIpc) is 3.51. The predicted molar refractivity (Wildman–Crippen MR) is 201 cm³/mol. The first kappa shape index (κ1) is 40.7. The number of nitrogens with one attached hydrogen (secondary N) is 1.